The number of nitrogens with one attached hydrogen (secondary N) is 1. The van der Waals surface area contributed by atoms with Gasteiger partial charge in [-0.15, -0.1) is 0 Å². The van der Waals surface area contributed by atoms with Crippen LogP contribution in [0.15, 0.2) is 48.5 Å². The minimum Gasteiger partial charge on any atom is -0.491 e. The lowest BCUT2D eigenvalue weighted by Crippen LogP contribution is -2.48. The lowest BCUT2D eigenvalue weighted by molar-refractivity contribution is -0.00521. The molecular formula is C27H35NO2. The zero-order valence-electron chi connectivity index (χ0n) is 18.1. The van der Waals surface area contributed by atoms with Crippen LogP contribution in [0.1, 0.15) is 55.2 Å². The second-order valence-electron chi connectivity index (χ2n) is 10.3. The van der Waals surface area contributed by atoms with Crippen LogP contribution in [0.3, 0.4) is 0 Å². The van der Waals surface area contributed by atoms with Crippen LogP contribution >= 0.6 is 0 Å². The van der Waals surface area contributed by atoms with Crippen molar-refractivity contribution in [2.24, 2.45) is 17.8 Å². The molecule has 0 spiro atoms. The number of hydrogen-bond acceptors (Lipinski definition) is 3. The molecule has 4 aliphatic carbocycles. The standard InChI is InChI=1S/C27H35NO2/c1-19-3-2-4-20(9-19)16-28-17-25(29)18-30-26-7-5-24(6-8-26)27-13-21-10-22(14-27)12-23(11-21)15-27/h2-9,21-23,25,28-29H,10-18H2,1H3. The molecular weight excluding hydrogens is 370 g/mol. The van der Waals surface area contributed by atoms with E-state index in [1.807, 2.05) is 0 Å². The van der Waals surface area contributed by atoms with Gasteiger partial charge in [0.1, 0.15) is 18.5 Å². The van der Waals surface area contributed by atoms with E-state index in [1.54, 1.807) is 0 Å². The van der Waals surface area contributed by atoms with Gasteiger partial charge in [-0.05, 0) is 91.9 Å². The van der Waals surface area contributed by atoms with Crippen LogP contribution in [0, 0.1) is 24.7 Å². The summed E-state index contributed by atoms with van der Waals surface area (Å²) in [6.07, 6.45) is 8.11. The third kappa shape index (κ3) is 4.29. The molecule has 3 heteroatoms. The van der Waals surface area contributed by atoms with Gasteiger partial charge in [0.05, 0.1) is 0 Å². The fraction of sp³-hybridized carbons (Fsp3) is 0.556. The summed E-state index contributed by atoms with van der Waals surface area (Å²) in [6, 6.07) is 17.3. The highest BCUT2D eigenvalue weighted by atomic mass is 16.5. The van der Waals surface area contributed by atoms with Gasteiger partial charge in [0, 0.05) is 13.1 Å². The Morgan fingerprint density at radius 3 is 2.30 bits per heavy atom. The monoisotopic (exact) mass is 405 g/mol. The number of ether oxygens (including phenoxy) is 1. The maximum absolute atomic E-state index is 10.3. The molecule has 4 fully saturated rings. The van der Waals surface area contributed by atoms with Crippen LogP contribution in [0.4, 0.5) is 0 Å². The molecule has 0 amide bonds. The summed E-state index contributed by atoms with van der Waals surface area (Å²) in [6.45, 7) is 3.70. The van der Waals surface area contributed by atoms with E-state index in [0.29, 0.717) is 18.6 Å². The van der Waals surface area contributed by atoms with Crippen LogP contribution in [0.2, 0.25) is 0 Å². The highest BCUT2D eigenvalue weighted by Crippen LogP contribution is 2.60. The maximum atomic E-state index is 10.3. The molecule has 2 aromatic carbocycles. The second kappa shape index (κ2) is 8.36. The molecule has 4 aliphatic rings. The molecule has 30 heavy (non-hydrogen) atoms. The lowest BCUT2D eigenvalue weighted by Gasteiger charge is -2.57. The Bertz CT molecular complexity index is 824. The van der Waals surface area contributed by atoms with Gasteiger partial charge in [0.25, 0.3) is 0 Å². The smallest absolute Gasteiger partial charge is 0.119 e. The molecule has 1 atom stereocenters. The molecule has 4 saturated carbocycles. The van der Waals surface area contributed by atoms with Crippen molar-refractivity contribution in [1.82, 2.24) is 5.32 Å². The number of hydrogen-bond donors (Lipinski definition) is 2. The number of aryl methyl sites for hydroxylation is 1. The van der Waals surface area contributed by atoms with Gasteiger partial charge in [-0.25, -0.2) is 0 Å². The molecule has 0 heterocycles. The highest BCUT2D eigenvalue weighted by Gasteiger charge is 2.51. The first kappa shape index (κ1) is 20.1. The summed E-state index contributed by atoms with van der Waals surface area (Å²) < 4.78 is 5.87. The molecule has 0 aliphatic heterocycles. The third-order valence-corrected chi connectivity index (χ3v) is 7.74. The molecule has 160 valence electrons. The van der Waals surface area contributed by atoms with Crippen molar-refractivity contribution in [3.63, 3.8) is 0 Å². The van der Waals surface area contributed by atoms with Crippen molar-refractivity contribution < 1.29 is 9.84 Å². The van der Waals surface area contributed by atoms with Crippen LogP contribution in [0.25, 0.3) is 0 Å². The Labute approximate surface area is 180 Å². The lowest BCUT2D eigenvalue weighted by atomic mass is 9.48. The van der Waals surface area contributed by atoms with Crippen LogP contribution in [-0.4, -0.2) is 24.4 Å². The van der Waals surface area contributed by atoms with E-state index < -0.39 is 6.10 Å². The zero-order valence-corrected chi connectivity index (χ0v) is 18.1. The molecule has 2 aromatic rings. The van der Waals surface area contributed by atoms with Gasteiger partial charge in [0.15, 0.2) is 0 Å². The van der Waals surface area contributed by atoms with E-state index in [1.165, 1.54) is 55.2 Å². The average molecular weight is 406 g/mol. The molecule has 2 N–H and O–H groups in total. The van der Waals surface area contributed by atoms with Gasteiger partial charge in [0.2, 0.25) is 0 Å². The van der Waals surface area contributed by atoms with Crippen LogP contribution in [0.5, 0.6) is 5.75 Å². The molecule has 0 aromatic heterocycles. The van der Waals surface area contributed by atoms with Crippen molar-refractivity contribution in [1.29, 1.82) is 0 Å². The summed E-state index contributed by atoms with van der Waals surface area (Å²) in [4.78, 5) is 0. The Morgan fingerprint density at radius 1 is 1.00 bits per heavy atom. The predicted molar refractivity (Wildman–Crippen MR) is 121 cm³/mol. The van der Waals surface area contributed by atoms with E-state index >= 15 is 0 Å². The molecule has 1 unspecified atom stereocenters. The van der Waals surface area contributed by atoms with Crippen molar-refractivity contribution in [3.8, 4) is 5.75 Å². The first-order valence-corrected chi connectivity index (χ1v) is 11.8. The highest BCUT2D eigenvalue weighted by molar-refractivity contribution is 5.34. The molecule has 6 rings (SSSR count). The largest absolute Gasteiger partial charge is 0.491 e. The quantitative estimate of drug-likeness (QED) is 0.650. The SMILES string of the molecule is Cc1cccc(CNCC(O)COc2ccc(C34CC5CC(CC(C5)C3)C4)cc2)c1. The number of benzene rings is 2. The van der Waals surface area contributed by atoms with Crippen LogP contribution in [-0.2, 0) is 12.0 Å². The molecule has 3 nitrogen and oxygen atoms in total. The van der Waals surface area contributed by atoms with Gasteiger partial charge < -0.3 is 15.2 Å². The normalized spacial score (nSPS) is 30.4. The fourth-order valence-electron chi connectivity index (χ4n) is 6.83. The summed E-state index contributed by atoms with van der Waals surface area (Å²) >= 11 is 0. The minimum atomic E-state index is -0.516. The Balaban J connectivity index is 1.11. The van der Waals surface area contributed by atoms with Crippen molar-refractivity contribution in [2.45, 2.75) is 63.5 Å². The maximum Gasteiger partial charge on any atom is 0.119 e. The summed E-state index contributed by atoms with van der Waals surface area (Å²) in [5, 5.41) is 13.6. The van der Waals surface area contributed by atoms with Crippen molar-refractivity contribution in [3.05, 3.63) is 65.2 Å². The fourth-order valence-corrected chi connectivity index (χ4v) is 6.83. The van der Waals surface area contributed by atoms with Gasteiger partial charge in [-0.3, -0.25) is 0 Å². The number of rotatable bonds is 8. The first-order chi connectivity index (χ1) is 14.6. The van der Waals surface area contributed by atoms with E-state index in [0.717, 1.165) is 30.0 Å². The van der Waals surface area contributed by atoms with Gasteiger partial charge >= 0.3 is 0 Å². The minimum absolute atomic E-state index is 0.317. The average Bonchev–Trinajstić information content (AvgIpc) is 2.72. The van der Waals surface area contributed by atoms with Gasteiger partial charge in [-0.2, -0.15) is 0 Å². The van der Waals surface area contributed by atoms with E-state index in [2.05, 4.69) is 60.8 Å². The van der Waals surface area contributed by atoms with E-state index in [-0.39, 0.29) is 0 Å². The van der Waals surface area contributed by atoms with E-state index in [9.17, 15) is 5.11 Å². The Morgan fingerprint density at radius 2 is 1.67 bits per heavy atom. The summed E-state index contributed by atoms with van der Waals surface area (Å²) in [7, 11) is 0. The molecule has 0 saturated heterocycles. The summed E-state index contributed by atoms with van der Waals surface area (Å²) in [5.41, 5.74) is 4.46. The zero-order chi connectivity index (χ0) is 20.6. The van der Waals surface area contributed by atoms with Crippen molar-refractivity contribution >= 4 is 0 Å². The van der Waals surface area contributed by atoms with Crippen LogP contribution < -0.4 is 10.1 Å². The topological polar surface area (TPSA) is 41.5 Å². The van der Waals surface area contributed by atoms with Gasteiger partial charge in [-0.1, -0.05) is 42.0 Å². The predicted octanol–water partition coefficient (Wildman–Crippen LogP) is 4.99. The van der Waals surface area contributed by atoms with E-state index in [4.69, 9.17) is 4.74 Å². The Hall–Kier alpha value is -1.84. The molecule has 0 radical (unpaired) electrons. The molecule has 4 bridgehead atoms. The van der Waals surface area contributed by atoms with Crippen molar-refractivity contribution in [2.75, 3.05) is 13.2 Å². The second-order valence-corrected chi connectivity index (χ2v) is 10.3. The third-order valence-electron chi connectivity index (χ3n) is 7.74. The number of aliphatic hydroxyl groups excluding tert-OH is 1. The Kier molecular flexibility index (Phi) is 5.59. The first-order valence-electron chi connectivity index (χ1n) is 11.8. The number of aliphatic hydroxyl groups is 1. The summed E-state index contributed by atoms with van der Waals surface area (Å²) in [5.74, 6) is 3.76.